The summed E-state index contributed by atoms with van der Waals surface area (Å²) in [5, 5.41) is 1.28. The number of rotatable bonds is 7. The molecule has 1 saturated heterocycles. The van der Waals surface area contributed by atoms with Crippen molar-refractivity contribution in [3.63, 3.8) is 0 Å². The topological polar surface area (TPSA) is 122 Å². The number of aryl methyl sites for hydroxylation is 1. The number of benzene rings is 3. The fourth-order valence-corrected chi connectivity index (χ4v) is 4.64. The standard InChI is InChI=1S/C19H23N3O3.C7H8O3S/c1-24-16-7-3-14(4-8-16)11-12-21-18(13-22(20)19(21)23)15-5-9-17(25-2)10-6-15;1-6-4-2-3-5-7(6)11(8,9)10/h3-10,18H,11-13,20H2,1-2H3;2-5H,1H3,(H,8,9,10). The van der Waals surface area contributed by atoms with Gasteiger partial charge in [-0.05, 0) is 60.4 Å². The molecule has 1 aliphatic heterocycles. The first-order valence-electron chi connectivity index (χ1n) is 11.3. The number of methoxy groups -OCH3 is 2. The van der Waals surface area contributed by atoms with Crippen molar-refractivity contribution in [1.29, 1.82) is 0 Å². The second-order valence-corrected chi connectivity index (χ2v) is 9.65. The van der Waals surface area contributed by atoms with E-state index in [9.17, 15) is 13.2 Å². The van der Waals surface area contributed by atoms with Crippen LogP contribution in [0.5, 0.6) is 11.5 Å². The Balaban J connectivity index is 0.000000275. The van der Waals surface area contributed by atoms with E-state index in [-0.39, 0.29) is 17.0 Å². The third-order valence-corrected chi connectivity index (χ3v) is 6.92. The van der Waals surface area contributed by atoms with Crippen molar-refractivity contribution in [1.82, 2.24) is 9.91 Å². The number of nitrogens with two attached hydrogens (primary N) is 1. The predicted octanol–water partition coefficient (Wildman–Crippen LogP) is 3.84. The maximum atomic E-state index is 12.4. The minimum atomic E-state index is -4.03. The van der Waals surface area contributed by atoms with E-state index in [4.69, 9.17) is 19.9 Å². The molecule has 0 saturated carbocycles. The van der Waals surface area contributed by atoms with E-state index in [1.54, 1.807) is 39.3 Å². The van der Waals surface area contributed by atoms with Gasteiger partial charge in [0.15, 0.2) is 0 Å². The van der Waals surface area contributed by atoms with Crippen LogP contribution in [-0.4, -0.2) is 56.2 Å². The summed E-state index contributed by atoms with van der Waals surface area (Å²) in [6.07, 6.45) is 0.760. The van der Waals surface area contributed by atoms with Crippen LogP contribution in [0.25, 0.3) is 0 Å². The molecule has 0 spiro atoms. The van der Waals surface area contributed by atoms with Crippen molar-refractivity contribution in [2.75, 3.05) is 27.3 Å². The molecule has 1 unspecified atom stereocenters. The van der Waals surface area contributed by atoms with Gasteiger partial charge in [-0.25, -0.2) is 10.6 Å². The van der Waals surface area contributed by atoms with E-state index in [1.165, 1.54) is 11.1 Å². The molecule has 1 heterocycles. The van der Waals surface area contributed by atoms with E-state index >= 15 is 0 Å². The molecule has 4 rings (SSSR count). The van der Waals surface area contributed by atoms with E-state index in [0.717, 1.165) is 29.0 Å². The third-order valence-electron chi connectivity index (χ3n) is 5.91. The van der Waals surface area contributed by atoms with Crippen molar-refractivity contribution in [2.24, 2.45) is 5.84 Å². The quantitative estimate of drug-likeness (QED) is 0.280. The lowest BCUT2D eigenvalue weighted by Gasteiger charge is -2.23. The highest BCUT2D eigenvalue weighted by atomic mass is 32.2. The van der Waals surface area contributed by atoms with Crippen LogP contribution in [0.15, 0.2) is 77.7 Å². The molecule has 36 heavy (non-hydrogen) atoms. The summed E-state index contributed by atoms with van der Waals surface area (Å²) in [5.74, 6) is 7.48. The molecule has 0 radical (unpaired) electrons. The molecule has 3 N–H and O–H groups in total. The summed E-state index contributed by atoms with van der Waals surface area (Å²) in [5.41, 5.74) is 2.75. The van der Waals surface area contributed by atoms with Crippen LogP contribution < -0.4 is 15.3 Å². The van der Waals surface area contributed by atoms with Crippen LogP contribution >= 0.6 is 0 Å². The van der Waals surface area contributed by atoms with Gasteiger partial charge in [0, 0.05) is 6.54 Å². The zero-order valence-electron chi connectivity index (χ0n) is 20.5. The largest absolute Gasteiger partial charge is 0.497 e. The minimum absolute atomic E-state index is 0.0278. The van der Waals surface area contributed by atoms with E-state index in [1.807, 2.05) is 53.4 Å². The van der Waals surface area contributed by atoms with Gasteiger partial charge in [0.25, 0.3) is 10.1 Å². The van der Waals surface area contributed by atoms with Crippen LogP contribution in [0.2, 0.25) is 0 Å². The molecule has 1 atom stereocenters. The lowest BCUT2D eigenvalue weighted by molar-refractivity contribution is 0.187. The van der Waals surface area contributed by atoms with Gasteiger partial charge >= 0.3 is 6.03 Å². The average Bonchev–Trinajstić information content (AvgIpc) is 3.16. The first kappa shape index (κ1) is 27.0. The number of hydrogen-bond donors (Lipinski definition) is 2. The first-order valence-corrected chi connectivity index (χ1v) is 12.7. The van der Waals surface area contributed by atoms with Gasteiger partial charge in [-0.3, -0.25) is 9.56 Å². The number of carbonyl (C=O) groups is 1. The Morgan fingerprint density at radius 2 is 1.50 bits per heavy atom. The van der Waals surface area contributed by atoms with E-state index in [2.05, 4.69) is 0 Å². The zero-order valence-corrected chi connectivity index (χ0v) is 21.3. The Bertz CT molecular complexity index is 1260. The summed E-state index contributed by atoms with van der Waals surface area (Å²) < 4.78 is 40.2. The normalized spacial score (nSPS) is 15.4. The SMILES string of the molecule is COc1ccc(CCN2C(=O)N(N)CC2c2ccc(OC)cc2)cc1.Cc1ccccc1S(=O)(=O)O. The molecule has 0 bridgehead atoms. The Kier molecular flexibility index (Phi) is 8.92. The fraction of sp³-hybridized carbons (Fsp3) is 0.269. The molecule has 9 nitrogen and oxygen atoms in total. The molecule has 192 valence electrons. The molecule has 0 aliphatic carbocycles. The Morgan fingerprint density at radius 3 is 2.00 bits per heavy atom. The predicted molar refractivity (Wildman–Crippen MR) is 136 cm³/mol. The van der Waals surface area contributed by atoms with Crippen LogP contribution in [-0.2, 0) is 16.5 Å². The molecule has 1 aliphatic rings. The Morgan fingerprint density at radius 1 is 0.944 bits per heavy atom. The Hall–Kier alpha value is -3.60. The number of hydrazine groups is 1. The Labute approximate surface area is 211 Å². The number of ether oxygens (including phenoxy) is 2. The number of urea groups is 1. The second kappa shape index (κ2) is 11.9. The van der Waals surface area contributed by atoms with Gasteiger partial charge in [-0.2, -0.15) is 8.42 Å². The highest BCUT2D eigenvalue weighted by Crippen LogP contribution is 2.29. The number of carbonyl (C=O) groups excluding carboxylic acids is 1. The summed E-state index contributed by atoms with van der Waals surface area (Å²) in [4.78, 5) is 14.2. The van der Waals surface area contributed by atoms with Gasteiger partial charge in [0.2, 0.25) is 0 Å². The smallest absolute Gasteiger partial charge is 0.334 e. The van der Waals surface area contributed by atoms with Crippen LogP contribution in [0.1, 0.15) is 22.7 Å². The lowest BCUT2D eigenvalue weighted by Crippen LogP contribution is -2.37. The number of amides is 2. The molecular weight excluding hydrogens is 482 g/mol. The molecule has 0 aromatic heterocycles. The maximum Gasteiger partial charge on any atom is 0.334 e. The van der Waals surface area contributed by atoms with Crippen molar-refractivity contribution in [3.8, 4) is 11.5 Å². The van der Waals surface area contributed by atoms with E-state index < -0.39 is 10.1 Å². The lowest BCUT2D eigenvalue weighted by atomic mass is 10.1. The van der Waals surface area contributed by atoms with Crippen molar-refractivity contribution in [2.45, 2.75) is 24.3 Å². The van der Waals surface area contributed by atoms with Crippen molar-refractivity contribution >= 4 is 16.1 Å². The first-order chi connectivity index (χ1) is 17.1. The van der Waals surface area contributed by atoms with Crippen molar-refractivity contribution in [3.05, 3.63) is 89.5 Å². The summed E-state index contributed by atoms with van der Waals surface area (Å²) in [6, 6.07) is 21.7. The summed E-state index contributed by atoms with van der Waals surface area (Å²) in [7, 11) is -0.752. The molecule has 2 amide bonds. The highest BCUT2D eigenvalue weighted by molar-refractivity contribution is 7.85. The van der Waals surface area contributed by atoms with Gasteiger partial charge in [0.1, 0.15) is 11.5 Å². The minimum Gasteiger partial charge on any atom is -0.497 e. The molecule has 1 fully saturated rings. The van der Waals surface area contributed by atoms with Gasteiger partial charge in [-0.1, -0.05) is 42.5 Å². The van der Waals surface area contributed by atoms with Gasteiger partial charge in [-0.15, -0.1) is 0 Å². The zero-order chi connectivity index (χ0) is 26.3. The van der Waals surface area contributed by atoms with Gasteiger partial charge in [0.05, 0.1) is 31.7 Å². The molecule has 10 heteroatoms. The summed E-state index contributed by atoms with van der Waals surface area (Å²) >= 11 is 0. The van der Waals surface area contributed by atoms with Gasteiger partial charge < -0.3 is 14.4 Å². The monoisotopic (exact) mass is 513 g/mol. The highest BCUT2D eigenvalue weighted by Gasteiger charge is 2.36. The van der Waals surface area contributed by atoms with Crippen molar-refractivity contribution < 1.29 is 27.2 Å². The number of nitrogens with zero attached hydrogens (tertiary/aromatic N) is 2. The van der Waals surface area contributed by atoms with Crippen LogP contribution in [0.3, 0.4) is 0 Å². The van der Waals surface area contributed by atoms with E-state index in [0.29, 0.717) is 18.7 Å². The van der Waals surface area contributed by atoms with Crippen LogP contribution in [0.4, 0.5) is 4.79 Å². The molecular formula is C26H31N3O6S. The third kappa shape index (κ3) is 6.75. The molecule has 3 aromatic rings. The summed E-state index contributed by atoms with van der Waals surface area (Å²) in [6.45, 7) is 2.71. The number of hydrogen-bond acceptors (Lipinski definition) is 6. The fourth-order valence-electron chi connectivity index (χ4n) is 3.91. The average molecular weight is 514 g/mol. The molecule has 3 aromatic carbocycles. The second-order valence-electron chi connectivity index (χ2n) is 8.26. The maximum absolute atomic E-state index is 12.4. The van der Waals surface area contributed by atoms with Crippen LogP contribution in [0, 0.1) is 6.92 Å².